The lowest BCUT2D eigenvalue weighted by Crippen LogP contribution is -2.28. The van der Waals surface area contributed by atoms with E-state index in [1.807, 2.05) is 32.9 Å². The minimum absolute atomic E-state index is 0.258. The Kier molecular flexibility index (Phi) is 5.98. The molecule has 3 heterocycles. The van der Waals surface area contributed by atoms with E-state index in [1.54, 1.807) is 10.7 Å². The second-order valence-corrected chi connectivity index (χ2v) is 8.19. The normalized spacial score (nSPS) is 10.9. The van der Waals surface area contributed by atoms with Crippen molar-refractivity contribution in [3.8, 4) is 5.82 Å². The Morgan fingerprint density at radius 3 is 2.52 bits per heavy atom. The van der Waals surface area contributed by atoms with Crippen LogP contribution in [0.3, 0.4) is 0 Å². The van der Waals surface area contributed by atoms with Crippen LogP contribution in [0.2, 0.25) is 8.67 Å². The van der Waals surface area contributed by atoms with Gasteiger partial charge in [-0.05, 0) is 44.5 Å². The predicted molar refractivity (Wildman–Crippen MR) is 109 cm³/mol. The Balaban J connectivity index is 1.52. The minimum atomic E-state index is -0.258. The van der Waals surface area contributed by atoms with Crippen LogP contribution in [0.1, 0.15) is 27.3 Å². The molecule has 3 rings (SSSR count). The molecule has 0 radical (unpaired) electrons. The van der Waals surface area contributed by atoms with E-state index in [-0.39, 0.29) is 5.91 Å². The van der Waals surface area contributed by atoms with Gasteiger partial charge >= 0.3 is 0 Å². The molecule has 3 aromatic heterocycles. The molecule has 0 fully saturated rings. The fraction of sp³-hybridized carbons (Fsp3) is 0.294. The van der Waals surface area contributed by atoms with E-state index >= 15 is 0 Å². The van der Waals surface area contributed by atoms with Crippen molar-refractivity contribution in [2.75, 3.05) is 18.4 Å². The van der Waals surface area contributed by atoms with E-state index < -0.39 is 0 Å². The average Bonchev–Trinajstić information content (AvgIpc) is 3.12. The zero-order valence-electron chi connectivity index (χ0n) is 15.0. The number of carbonyl (C=O) groups excluding carboxylic acids is 1. The third-order valence-electron chi connectivity index (χ3n) is 4.14. The van der Waals surface area contributed by atoms with E-state index in [1.165, 1.54) is 11.3 Å². The lowest BCUT2D eigenvalue weighted by molar-refractivity contribution is 0.0956. The van der Waals surface area contributed by atoms with E-state index in [2.05, 4.69) is 25.9 Å². The number of nitrogens with zero attached hydrogens (tertiary/aromatic N) is 4. The maximum atomic E-state index is 12.0. The quantitative estimate of drug-likeness (QED) is 0.587. The van der Waals surface area contributed by atoms with Crippen molar-refractivity contribution in [3.63, 3.8) is 0 Å². The van der Waals surface area contributed by atoms with Gasteiger partial charge in [-0.15, -0.1) is 21.5 Å². The molecule has 0 saturated carbocycles. The van der Waals surface area contributed by atoms with Crippen molar-refractivity contribution >= 4 is 46.3 Å². The lowest BCUT2D eigenvalue weighted by Gasteiger charge is -2.08. The van der Waals surface area contributed by atoms with Gasteiger partial charge in [0.2, 0.25) is 0 Å². The number of hydrogen-bond donors (Lipinski definition) is 2. The summed E-state index contributed by atoms with van der Waals surface area (Å²) in [4.78, 5) is 12.0. The van der Waals surface area contributed by atoms with Crippen molar-refractivity contribution < 1.29 is 4.79 Å². The molecule has 7 nitrogen and oxygen atoms in total. The number of anilines is 1. The smallest absolute Gasteiger partial charge is 0.253 e. The highest BCUT2D eigenvalue weighted by Gasteiger charge is 2.13. The number of rotatable bonds is 6. The van der Waals surface area contributed by atoms with Crippen LogP contribution in [0.25, 0.3) is 5.82 Å². The molecule has 27 heavy (non-hydrogen) atoms. The molecule has 10 heteroatoms. The second-order valence-electron chi connectivity index (χ2n) is 5.90. The highest BCUT2D eigenvalue weighted by Crippen LogP contribution is 2.30. The highest BCUT2D eigenvalue weighted by molar-refractivity contribution is 7.20. The van der Waals surface area contributed by atoms with Gasteiger partial charge in [0.05, 0.1) is 15.6 Å². The topological polar surface area (TPSA) is 84.7 Å². The zero-order chi connectivity index (χ0) is 19.6. The zero-order valence-corrected chi connectivity index (χ0v) is 17.3. The van der Waals surface area contributed by atoms with Gasteiger partial charge in [0.25, 0.3) is 5.91 Å². The molecule has 142 valence electrons. The molecular weight excluding hydrogens is 407 g/mol. The summed E-state index contributed by atoms with van der Waals surface area (Å²) < 4.78 is 2.64. The van der Waals surface area contributed by atoms with Crippen LogP contribution in [0, 0.1) is 20.8 Å². The van der Waals surface area contributed by atoms with E-state index in [0.29, 0.717) is 39.0 Å². The summed E-state index contributed by atoms with van der Waals surface area (Å²) in [5.41, 5.74) is 3.54. The van der Waals surface area contributed by atoms with Gasteiger partial charge < -0.3 is 10.6 Å². The predicted octanol–water partition coefficient (Wildman–Crippen LogP) is 3.80. The first-order chi connectivity index (χ1) is 12.9. The summed E-state index contributed by atoms with van der Waals surface area (Å²) in [5, 5.41) is 18.7. The number of thiophene rings is 1. The Morgan fingerprint density at radius 1 is 1.19 bits per heavy atom. The summed E-state index contributed by atoms with van der Waals surface area (Å²) in [6.45, 7) is 6.90. The first-order valence-corrected chi connectivity index (χ1v) is 9.78. The Morgan fingerprint density at radius 2 is 1.96 bits per heavy atom. The van der Waals surface area contributed by atoms with Crippen LogP contribution >= 0.6 is 34.5 Å². The van der Waals surface area contributed by atoms with Gasteiger partial charge in [-0.2, -0.15) is 5.10 Å². The van der Waals surface area contributed by atoms with Crippen molar-refractivity contribution in [3.05, 3.63) is 49.4 Å². The summed E-state index contributed by atoms with van der Waals surface area (Å²) in [7, 11) is 0. The first kappa shape index (κ1) is 19.6. The van der Waals surface area contributed by atoms with Gasteiger partial charge in [-0.1, -0.05) is 23.2 Å². The van der Waals surface area contributed by atoms with E-state index in [0.717, 1.165) is 17.0 Å². The lowest BCUT2D eigenvalue weighted by atomic mass is 10.2. The van der Waals surface area contributed by atoms with Gasteiger partial charge in [-0.3, -0.25) is 4.79 Å². The average molecular weight is 425 g/mol. The number of nitrogens with one attached hydrogen (secondary N) is 2. The number of amides is 1. The minimum Gasteiger partial charge on any atom is -0.367 e. The van der Waals surface area contributed by atoms with Gasteiger partial charge in [0, 0.05) is 18.8 Å². The molecular formula is C17H18Cl2N6OS. The molecule has 0 atom stereocenters. The van der Waals surface area contributed by atoms with Crippen LogP contribution < -0.4 is 10.6 Å². The van der Waals surface area contributed by atoms with Crippen molar-refractivity contribution in [2.24, 2.45) is 0 Å². The maximum absolute atomic E-state index is 12.0. The van der Waals surface area contributed by atoms with Gasteiger partial charge in [0.1, 0.15) is 10.2 Å². The monoisotopic (exact) mass is 424 g/mol. The van der Waals surface area contributed by atoms with Crippen LogP contribution in [-0.2, 0) is 0 Å². The van der Waals surface area contributed by atoms with Gasteiger partial charge in [0.15, 0.2) is 5.82 Å². The van der Waals surface area contributed by atoms with Crippen LogP contribution in [0.4, 0.5) is 5.82 Å². The highest BCUT2D eigenvalue weighted by atomic mass is 35.5. The Bertz CT molecular complexity index is 967. The molecule has 0 aliphatic heterocycles. The largest absolute Gasteiger partial charge is 0.367 e. The molecule has 0 aliphatic rings. The van der Waals surface area contributed by atoms with Crippen molar-refractivity contribution in [1.82, 2.24) is 25.3 Å². The number of carbonyl (C=O) groups is 1. The molecule has 0 saturated heterocycles. The Labute approximate surface area is 170 Å². The summed E-state index contributed by atoms with van der Waals surface area (Å²) in [6.07, 6.45) is 0. The number of aryl methyl sites for hydroxylation is 1. The molecule has 2 N–H and O–H groups in total. The fourth-order valence-corrected chi connectivity index (χ4v) is 3.89. The first-order valence-electron chi connectivity index (χ1n) is 8.20. The van der Waals surface area contributed by atoms with Crippen molar-refractivity contribution in [1.29, 1.82) is 0 Å². The maximum Gasteiger partial charge on any atom is 0.253 e. The van der Waals surface area contributed by atoms with Crippen LogP contribution in [0.5, 0.6) is 0 Å². The molecule has 0 aliphatic carbocycles. The van der Waals surface area contributed by atoms with Crippen LogP contribution in [-0.4, -0.2) is 39.0 Å². The van der Waals surface area contributed by atoms with Crippen molar-refractivity contribution in [2.45, 2.75) is 20.8 Å². The Hall–Kier alpha value is -2.16. The third-order valence-corrected chi connectivity index (χ3v) is 5.63. The van der Waals surface area contributed by atoms with E-state index in [4.69, 9.17) is 23.2 Å². The SMILES string of the molecule is Cc1nn(-c2ccc(NCCNC(=O)c3cc(Cl)sc3Cl)nn2)c(C)c1C. The standard InChI is InChI=1S/C17H18Cl2N6OS/c1-9-10(2)24-25(11(9)3)15-5-4-14(22-23-15)20-6-7-21-17(26)12-8-13(18)27-16(12)19/h4-5,8H,6-7H2,1-3H3,(H,20,22)(H,21,26). The van der Waals surface area contributed by atoms with E-state index in [9.17, 15) is 4.79 Å². The molecule has 0 aromatic carbocycles. The molecule has 1 amide bonds. The number of halogens is 2. The summed E-state index contributed by atoms with van der Waals surface area (Å²) in [5.74, 6) is 1.01. The van der Waals surface area contributed by atoms with Crippen LogP contribution in [0.15, 0.2) is 18.2 Å². The summed E-state index contributed by atoms with van der Waals surface area (Å²) in [6, 6.07) is 5.23. The molecule has 0 spiro atoms. The number of hydrogen-bond acceptors (Lipinski definition) is 6. The summed E-state index contributed by atoms with van der Waals surface area (Å²) >= 11 is 13.0. The third kappa shape index (κ3) is 4.40. The number of aromatic nitrogens is 4. The second kappa shape index (κ2) is 8.24. The molecule has 0 unspecified atom stereocenters. The fourth-order valence-electron chi connectivity index (χ4n) is 2.43. The van der Waals surface area contributed by atoms with Gasteiger partial charge in [-0.25, -0.2) is 4.68 Å². The molecule has 3 aromatic rings. The molecule has 0 bridgehead atoms.